The van der Waals surface area contributed by atoms with Gasteiger partial charge < -0.3 is 9.15 Å². The highest BCUT2D eigenvalue weighted by atomic mass is 79.9. The van der Waals surface area contributed by atoms with Crippen molar-refractivity contribution in [2.75, 3.05) is 7.05 Å². The number of hydrogen-bond donors (Lipinski definition) is 1. The van der Waals surface area contributed by atoms with Gasteiger partial charge in [-0.25, -0.2) is 17.9 Å². The van der Waals surface area contributed by atoms with Crippen LogP contribution < -0.4 is 4.72 Å². The number of sulfonamides is 1. The molecule has 3 aromatic rings. The molecule has 0 bridgehead atoms. The van der Waals surface area contributed by atoms with Gasteiger partial charge in [0.1, 0.15) is 0 Å². The van der Waals surface area contributed by atoms with Gasteiger partial charge in [0.25, 0.3) is 5.89 Å². The van der Waals surface area contributed by atoms with Gasteiger partial charge >= 0.3 is 5.97 Å². The normalized spacial score (nSPS) is 11.3. The van der Waals surface area contributed by atoms with Crippen LogP contribution in [0.1, 0.15) is 16.2 Å². The SMILES string of the molecule is CNS(=O)(=O)c1cccc(C(=O)OCc2nnc(-c3ccccc3Br)o2)c1. The second kappa shape index (κ2) is 7.99. The van der Waals surface area contributed by atoms with E-state index < -0.39 is 16.0 Å². The molecule has 3 rings (SSSR count). The van der Waals surface area contributed by atoms with Crippen molar-refractivity contribution in [1.82, 2.24) is 14.9 Å². The van der Waals surface area contributed by atoms with E-state index in [-0.39, 0.29) is 28.8 Å². The molecule has 1 N–H and O–H groups in total. The molecule has 1 aromatic heterocycles. The highest BCUT2D eigenvalue weighted by Gasteiger charge is 2.17. The van der Waals surface area contributed by atoms with Crippen LogP contribution in [0.3, 0.4) is 0 Å². The molecule has 10 heteroatoms. The molecular formula is C17H14BrN3O5S. The minimum Gasteiger partial charge on any atom is -0.452 e. The number of carbonyl (C=O) groups excluding carboxylic acids is 1. The van der Waals surface area contributed by atoms with E-state index in [4.69, 9.17) is 9.15 Å². The third kappa shape index (κ3) is 4.41. The third-order valence-electron chi connectivity index (χ3n) is 3.55. The van der Waals surface area contributed by atoms with Gasteiger partial charge in [-0.1, -0.05) is 18.2 Å². The molecule has 0 amide bonds. The van der Waals surface area contributed by atoms with Gasteiger partial charge in [-0.3, -0.25) is 0 Å². The van der Waals surface area contributed by atoms with Gasteiger partial charge in [-0.05, 0) is 53.3 Å². The summed E-state index contributed by atoms with van der Waals surface area (Å²) >= 11 is 3.40. The number of rotatable bonds is 6. The third-order valence-corrected chi connectivity index (χ3v) is 5.65. The van der Waals surface area contributed by atoms with E-state index in [0.717, 1.165) is 4.47 Å². The maximum absolute atomic E-state index is 12.2. The molecule has 0 fully saturated rings. The van der Waals surface area contributed by atoms with Gasteiger partial charge in [0, 0.05) is 4.47 Å². The molecule has 0 atom stereocenters. The fourth-order valence-electron chi connectivity index (χ4n) is 2.17. The first kappa shape index (κ1) is 19.2. The van der Waals surface area contributed by atoms with Crippen molar-refractivity contribution in [2.24, 2.45) is 0 Å². The number of ether oxygens (including phenoxy) is 1. The van der Waals surface area contributed by atoms with Gasteiger partial charge in [0.05, 0.1) is 16.0 Å². The van der Waals surface area contributed by atoms with Crippen molar-refractivity contribution in [1.29, 1.82) is 0 Å². The highest BCUT2D eigenvalue weighted by Crippen LogP contribution is 2.26. The predicted octanol–water partition coefficient (Wildman–Crippen LogP) is 2.76. The average Bonchev–Trinajstić information content (AvgIpc) is 3.15. The van der Waals surface area contributed by atoms with E-state index in [1.165, 1.54) is 31.3 Å². The van der Waals surface area contributed by atoms with Crippen molar-refractivity contribution < 1.29 is 22.4 Å². The van der Waals surface area contributed by atoms with E-state index in [0.29, 0.717) is 5.56 Å². The van der Waals surface area contributed by atoms with Crippen LogP contribution in [0.2, 0.25) is 0 Å². The monoisotopic (exact) mass is 451 g/mol. The zero-order chi connectivity index (χ0) is 19.4. The lowest BCUT2D eigenvalue weighted by atomic mass is 10.2. The maximum Gasteiger partial charge on any atom is 0.338 e. The topological polar surface area (TPSA) is 111 Å². The van der Waals surface area contributed by atoms with Crippen LogP contribution in [0.25, 0.3) is 11.5 Å². The fourth-order valence-corrected chi connectivity index (χ4v) is 3.40. The van der Waals surface area contributed by atoms with Crippen LogP contribution in [0.5, 0.6) is 0 Å². The molecule has 0 saturated carbocycles. The van der Waals surface area contributed by atoms with E-state index in [9.17, 15) is 13.2 Å². The Hall–Kier alpha value is -2.56. The zero-order valence-electron chi connectivity index (χ0n) is 14.0. The number of esters is 1. The minimum atomic E-state index is -3.66. The van der Waals surface area contributed by atoms with Crippen LogP contribution in [0.4, 0.5) is 0 Å². The first-order valence-electron chi connectivity index (χ1n) is 7.69. The minimum absolute atomic E-state index is 0.0338. The summed E-state index contributed by atoms with van der Waals surface area (Å²) in [7, 11) is -2.37. The fraction of sp³-hybridized carbons (Fsp3) is 0.118. The van der Waals surface area contributed by atoms with Gasteiger partial charge in [0.2, 0.25) is 15.9 Å². The van der Waals surface area contributed by atoms with Crippen molar-refractivity contribution in [3.8, 4) is 11.5 Å². The van der Waals surface area contributed by atoms with Crippen LogP contribution in [-0.2, 0) is 21.4 Å². The molecule has 0 saturated heterocycles. The number of aromatic nitrogens is 2. The number of benzene rings is 2. The lowest BCUT2D eigenvalue weighted by molar-refractivity contribution is 0.0438. The van der Waals surface area contributed by atoms with Crippen LogP contribution >= 0.6 is 15.9 Å². The Labute approximate surface area is 163 Å². The Bertz CT molecular complexity index is 1080. The number of nitrogens with zero attached hydrogens (tertiary/aromatic N) is 2. The van der Waals surface area contributed by atoms with E-state index in [2.05, 4.69) is 30.8 Å². The molecule has 0 radical (unpaired) electrons. The summed E-state index contributed by atoms with van der Waals surface area (Å²) in [5.41, 5.74) is 0.810. The molecule has 0 spiro atoms. The van der Waals surface area contributed by atoms with E-state index in [1.54, 1.807) is 6.07 Å². The number of hydrogen-bond acceptors (Lipinski definition) is 7. The number of nitrogens with one attached hydrogen (secondary N) is 1. The lowest BCUT2D eigenvalue weighted by Crippen LogP contribution is -2.19. The average molecular weight is 452 g/mol. The molecule has 140 valence electrons. The Morgan fingerprint density at radius 3 is 2.70 bits per heavy atom. The summed E-state index contributed by atoms with van der Waals surface area (Å²) < 4.78 is 37.2. The second-order valence-electron chi connectivity index (χ2n) is 5.29. The maximum atomic E-state index is 12.2. The van der Waals surface area contributed by atoms with Gasteiger partial charge in [0.15, 0.2) is 6.61 Å². The van der Waals surface area contributed by atoms with Crippen molar-refractivity contribution in [3.63, 3.8) is 0 Å². The molecule has 0 aliphatic heterocycles. The zero-order valence-corrected chi connectivity index (χ0v) is 16.5. The smallest absolute Gasteiger partial charge is 0.338 e. The molecule has 27 heavy (non-hydrogen) atoms. The van der Waals surface area contributed by atoms with Crippen LogP contribution in [0, 0.1) is 0 Å². The molecule has 2 aromatic carbocycles. The predicted molar refractivity (Wildman–Crippen MR) is 99.2 cm³/mol. The summed E-state index contributed by atoms with van der Waals surface area (Å²) in [4.78, 5) is 12.1. The van der Waals surface area contributed by atoms with Gasteiger partial charge in [-0.15, -0.1) is 10.2 Å². The van der Waals surface area contributed by atoms with Crippen molar-refractivity contribution in [2.45, 2.75) is 11.5 Å². The molecule has 0 unspecified atom stereocenters. The van der Waals surface area contributed by atoms with Crippen LogP contribution in [-0.4, -0.2) is 31.6 Å². The first-order valence-corrected chi connectivity index (χ1v) is 9.96. The quantitative estimate of drug-likeness (QED) is 0.573. The highest BCUT2D eigenvalue weighted by molar-refractivity contribution is 9.10. The molecular weight excluding hydrogens is 438 g/mol. The standard InChI is InChI=1S/C17H14BrN3O5S/c1-19-27(23,24)12-6-4-5-11(9-12)17(22)25-10-15-20-21-16(26-15)13-7-2-3-8-14(13)18/h2-9,19H,10H2,1H3. The Balaban J connectivity index is 1.70. The van der Waals surface area contributed by atoms with Gasteiger partial charge in [-0.2, -0.15) is 0 Å². The Kier molecular flexibility index (Phi) is 5.68. The lowest BCUT2D eigenvalue weighted by Gasteiger charge is -2.05. The molecule has 0 aliphatic carbocycles. The molecule has 1 heterocycles. The summed E-state index contributed by atoms with van der Waals surface area (Å²) in [5.74, 6) is -0.299. The number of halogens is 1. The summed E-state index contributed by atoms with van der Waals surface area (Å²) in [6.07, 6.45) is 0. The molecule has 0 aliphatic rings. The largest absolute Gasteiger partial charge is 0.452 e. The Morgan fingerprint density at radius 2 is 1.96 bits per heavy atom. The van der Waals surface area contributed by atoms with E-state index >= 15 is 0 Å². The van der Waals surface area contributed by atoms with Crippen molar-refractivity contribution in [3.05, 3.63) is 64.5 Å². The number of carbonyl (C=O) groups is 1. The van der Waals surface area contributed by atoms with Crippen LogP contribution in [0.15, 0.2) is 62.3 Å². The summed E-state index contributed by atoms with van der Waals surface area (Å²) in [5, 5.41) is 7.78. The molecule has 8 nitrogen and oxygen atoms in total. The van der Waals surface area contributed by atoms with Crippen molar-refractivity contribution >= 4 is 31.9 Å². The summed E-state index contributed by atoms with van der Waals surface area (Å²) in [6, 6.07) is 12.9. The first-order chi connectivity index (χ1) is 12.9. The summed E-state index contributed by atoms with van der Waals surface area (Å²) in [6.45, 7) is -0.237. The van der Waals surface area contributed by atoms with E-state index in [1.807, 2.05) is 18.2 Å². The second-order valence-corrected chi connectivity index (χ2v) is 8.03. The Morgan fingerprint density at radius 1 is 1.19 bits per heavy atom.